The third-order valence-corrected chi connectivity index (χ3v) is 9.74. The highest BCUT2D eigenvalue weighted by Crippen LogP contribution is 2.38. The molecule has 4 aromatic carbocycles. The van der Waals surface area contributed by atoms with Crippen molar-refractivity contribution in [2.24, 2.45) is 0 Å². The van der Waals surface area contributed by atoms with Crippen molar-refractivity contribution in [1.29, 1.82) is 0 Å². The van der Waals surface area contributed by atoms with E-state index in [1.54, 1.807) is 48.3 Å². The van der Waals surface area contributed by atoms with Crippen LogP contribution in [0.5, 0.6) is 0 Å². The third kappa shape index (κ3) is 6.17. The van der Waals surface area contributed by atoms with Crippen LogP contribution in [0.3, 0.4) is 0 Å². The number of carbonyl (C=O) groups excluding carboxylic acids is 2. The summed E-state index contributed by atoms with van der Waals surface area (Å²) >= 11 is 0. The summed E-state index contributed by atoms with van der Waals surface area (Å²) < 4.78 is 35.4. The first-order valence-corrected chi connectivity index (χ1v) is 17.2. The number of alkyl carbamates (subject to hydrolysis) is 1. The zero-order valence-corrected chi connectivity index (χ0v) is 28.6. The highest BCUT2D eigenvalue weighted by Gasteiger charge is 2.32. The predicted molar refractivity (Wildman–Crippen MR) is 200 cm³/mol. The van der Waals surface area contributed by atoms with Crippen LogP contribution in [0.2, 0.25) is 0 Å². The van der Waals surface area contributed by atoms with Gasteiger partial charge < -0.3 is 33.8 Å². The van der Waals surface area contributed by atoms with Crippen LogP contribution in [0, 0.1) is 5.82 Å². The molecule has 0 radical (unpaired) electrons. The largest absolute Gasteiger partial charge is 0.451 e. The molecule has 2 aliphatic heterocycles. The Bertz CT molecular complexity index is 2480. The number of hydrogen-bond donors (Lipinski definition) is 2. The number of halogens is 1. The molecule has 0 bridgehead atoms. The van der Waals surface area contributed by atoms with Crippen molar-refractivity contribution in [2.45, 2.75) is 46.3 Å². The minimum atomic E-state index is -0.711. The molecule has 0 saturated carbocycles. The zero-order chi connectivity index (χ0) is 35.6. The predicted octanol–water partition coefficient (Wildman–Crippen LogP) is 5.24. The van der Waals surface area contributed by atoms with E-state index in [1.807, 2.05) is 18.2 Å². The number of nitrogens with zero attached hydrogens (tertiary/aromatic N) is 3. The highest BCUT2D eigenvalue weighted by molar-refractivity contribution is 6.15. The number of benzene rings is 3. The van der Waals surface area contributed by atoms with Gasteiger partial charge in [-0.2, -0.15) is 0 Å². The van der Waals surface area contributed by atoms with Crippen molar-refractivity contribution < 1.29 is 27.9 Å². The zero-order valence-electron chi connectivity index (χ0n) is 28.6. The van der Waals surface area contributed by atoms with E-state index >= 15 is 4.39 Å². The van der Waals surface area contributed by atoms with E-state index < -0.39 is 28.8 Å². The number of hydrogen-bond acceptors (Lipinski definition) is 9. The molecular formula is C39H42FN5O7. The Balaban J connectivity index is 0.00000420. The first kappa shape index (κ1) is 35.1. The number of ether oxygens (including phenoxy) is 2. The van der Waals surface area contributed by atoms with Crippen LogP contribution in [0.25, 0.3) is 49.1 Å². The van der Waals surface area contributed by atoms with Gasteiger partial charge in [-0.15, -0.1) is 0 Å². The molecule has 2 aromatic heterocycles. The maximum Gasteiger partial charge on any atom is 0.407 e. The molecule has 2 aliphatic rings. The van der Waals surface area contributed by atoms with Crippen molar-refractivity contribution in [3.8, 4) is 0 Å². The summed E-state index contributed by atoms with van der Waals surface area (Å²) in [5.74, 6) is -1.28. The van der Waals surface area contributed by atoms with Gasteiger partial charge in [0.05, 0.1) is 30.2 Å². The van der Waals surface area contributed by atoms with E-state index in [2.05, 4.69) is 15.5 Å². The van der Waals surface area contributed by atoms with Gasteiger partial charge in [-0.05, 0) is 56.2 Å². The molecule has 8 rings (SSSR count). The van der Waals surface area contributed by atoms with Gasteiger partial charge in [0.15, 0.2) is 22.4 Å². The summed E-state index contributed by atoms with van der Waals surface area (Å²) in [5.41, 5.74) is -0.312. The van der Waals surface area contributed by atoms with Crippen molar-refractivity contribution in [3.05, 3.63) is 80.5 Å². The summed E-state index contributed by atoms with van der Waals surface area (Å²) in [7, 11) is 0. The van der Waals surface area contributed by atoms with Crippen LogP contribution in [-0.2, 0) is 9.47 Å². The fraction of sp³-hybridized carbons (Fsp3) is 0.385. The molecule has 52 heavy (non-hydrogen) atoms. The second-order valence-corrected chi connectivity index (χ2v) is 14.3. The van der Waals surface area contributed by atoms with E-state index in [9.17, 15) is 19.2 Å². The first-order chi connectivity index (χ1) is 24.5. The number of morpholine rings is 1. The van der Waals surface area contributed by atoms with Crippen LogP contribution in [0.15, 0.2) is 62.7 Å². The number of amides is 2. The lowest BCUT2D eigenvalue weighted by Gasteiger charge is -2.26. The third-order valence-electron chi connectivity index (χ3n) is 9.74. The van der Waals surface area contributed by atoms with Crippen molar-refractivity contribution >= 4 is 66.8 Å². The first-order valence-electron chi connectivity index (χ1n) is 17.2. The summed E-state index contributed by atoms with van der Waals surface area (Å²) in [6.07, 6.45) is 1.43. The van der Waals surface area contributed by atoms with Gasteiger partial charge in [0.2, 0.25) is 5.43 Å². The number of rotatable bonds is 6. The Morgan fingerprint density at radius 1 is 0.962 bits per heavy atom. The molecule has 2 fully saturated rings. The van der Waals surface area contributed by atoms with E-state index in [0.717, 1.165) is 24.5 Å². The van der Waals surface area contributed by atoms with E-state index in [1.165, 1.54) is 6.20 Å². The van der Waals surface area contributed by atoms with Gasteiger partial charge in [-0.25, -0.2) is 9.18 Å². The van der Waals surface area contributed by atoms with Crippen LogP contribution < -0.4 is 26.4 Å². The molecule has 0 aliphatic carbocycles. The summed E-state index contributed by atoms with van der Waals surface area (Å²) in [6.45, 7) is 9.64. The smallest absolute Gasteiger partial charge is 0.407 e. The molecular weight excluding hydrogens is 669 g/mol. The SMILES string of the molecule is C.CC(C)(C)OC(=O)N[C@H]1CCN(c2c(F)cc3c(=O)c(C(=O)NCCN4CCOCC4)cn4c5cc6c(cc5oc2c34)c(=O)c2ccccc26)C1. The molecule has 0 unspecified atom stereocenters. The minimum Gasteiger partial charge on any atom is -0.451 e. The molecule has 2 saturated heterocycles. The number of carbonyl (C=O) groups is 2. The lowest BCUT2D eigenvalue weighted by molar-refractivity contribution is 0.0383. The average molecular weight is 712 g/mol. The van der Waals surface area contributed by atoms with Crippen molar-refractivity contribution in [3.63, 3.8) is 0 Å². The summed E-state index contributed by atoms with van der Waals surface area (Å²) in [4.78, 5) is 57.6. The van der Waals surface area contributed by atoms with Crippen LogP contribution >= 0.6 is 0 Å². The lowest BCUT2D eigenvalue weighted by atomic mass is 10.1. The molecule has 2 amide bonds. The molecule has 272 valence electrons. The fourth-order valence-electron chi connectivity index (χ4n) is 7.38. The molecule has 4 heterocycles. The van der Waals surface area contributed by atoms with Gasteiger partial charge >= 0.3 is 6.09 Å². The van der Waals surface area contributed by atoms with E-state index in [0.29, 0.717) is 66.5 Å². The van der Waals surface area contributed by atoms with Gasteiger partial charge in [0.1, 0.15) is 22.4 Å². The Morgan fingerprint density at radius 3 is 2.46 bits per heavy atom. The number of fused-ring (bicyclic) bond motifs is 5. The molecule has 6 aromatic rings. The Labute approximate surface area is 298 Å². The molecule has 13 heteroatoms. The molecule has 2 N–H and O–H groups in total. The number of nitrogens with one attached hydrogen (secondary N) is 2. The Morgan fingerprint density at radius 2 is 1.71 bits per heavy atom. The highest BCUT2D eigenvalue weighted by atomic mass is 19.1. The molecule has 0 spiro atoms. The number of pyridine rings is 1. The normalized spacial score (nSPS) is 17.0. The maximum atomic E-state index is 16.4. The average Bonchev–Trinajstić information content (AvgIpc) is 3.66. The minimum absolute atomic E-state index is 0. The van der Waals surface area contributed by atoms with Gasteiger partial charge in [0.25, 0.3) is 5.91 Å². The topological polar surface area (TPSA) is 135 Å². The van der Waals surface area contributed by atoms with Crippen molar-refractivity contribution in [2.75, 3.05) is 57.4 Å². The summed E-state index contributed by atoms with van der Waals surface area (Å²) in [5, 5.41) is 8.19. The quantitative estimate of drug-likeness (QED) is 0.176. The standard InChI is InChI=1S/C38H38FN5O7.CH4/c1-38(2,3)51-37(48)41-21-8-10-43(19-21)32-28(39)16-26-31-35(32)50-30-18-25-24(22-6-4-5-7-23(22)33(25)45)17-29(30)44(31)20-27(34(26)46)36(47)40-9-11-42-12-14-49-15-13-42;/h4-7,16-18,20-21H,8-15,19H2,1-3H3,(H,40,47)(H,41,48);1H4/t21-;/m0./s1. The summed E-state index contributed by atoms with van der Waals surface area (Å²) in [6, 6.07) is 11.6. The number of aromatic nitrogens is 1. The second kappa shape index (κ2) is 13.4. The Hall–Kier alpha value is -5.27. The number of anilines is 1. The van der Waals surface area contributed by atoms with Gasteiger partial charge in [-0.3, -0.25) is 19.3 Å². The van der Waals surface area contributed by atoms with E-state index in [-0.39, 0.29) is 53.2 Å². The van der Waals surface area contributed by atoms with Gasteiger partial charge in [0, 0.05) is 56.2 Å². The maximum absolute atomic E-state index is 16.4. The van der Waals surface area contributed by atoms with Crippen LogP contribution in [0.4, 0.5) is 14.9 Å². The van der Waals surface area contributed by atoms with Crippen molar-refractivity contribution in [1.82, 2.24) is 19.9 Å². The lowest BCUT2D eigenvalue weighted by Crippen LogP contribution is -2.42. The monoisotopic (exact) mass is 711 g/mol. The van der Waals surface area contributed by atoms with Gasteiger partial charge in [-0.1, -0.05) is 31.7 Å². The fourth-order valence-corrected chi connectivity index (χ4v) is 7.38. The second-order valence-electron chi connectivity index (χ2n) is 14.3. The van der Waals surface area contributed by atoms with Crippen LogP contribution in [0.1, 0.15) is 45.0 Å². The van der Waals surface area contributed by atoms with E-state index in [4.69, 9.17) is 13.9 Å². The van der Waals surface area contributed by atoms with Crippen LogP contribution in [-0.4, -0.2) is 85.4 Å². The molecule has 12 nitrogen and oxygen atoms in total. The molecule has 1 atom stereocenters. The Kier molecular flexibility index (Phi) is 9.04.